The van der Waals surface area contributed by atoms with Crippen LogP contribution in [0.1, 0.15) is 20.8 Å². The average molecular weight is 538 g/mol. The largest absolute Gasteiger partial charge is 0.493 e. The number of nitrogens with zero attached hydrogens (tertiary/aromatic N) is 4. The first kappa shape index (κ1) is 26.5. The van der Waals surface area contributed by atoms with Gasteiger partial charge in [-0.25, -0.2) is 13.2 Å². The van der Waals surface area contributed by atoms with Crippen LogP contribution >= 0.6 is 11.6 Å². The number of halogens is 1. The highest BCUT2D eigenvalue weighted by atomic mass is 35.5. The molecule has 0 bridgehead atoms. The number of aromatic amines is 1. The van der Waals surface area contributed by atoms with E-state index >= 15 is 0 Å². The number of hydrogen-bond acceptors (Lipinski definition) is 6. The van der Waals surface area contributed by atoms with E-state index in [2.05, 4.69) is 9.88 Å². The lowest BCUT2D eigenvalue weighted by molar-refractivity contribution is 0.222. The van der Waals surface area contributed by atoms with Crippen LogP contribution in [0.25, 0.3) is 22.3 Å². The Morgan fingerprint density at radius 3 is 2.39 bits per heavy atom. The van der Waals surface area contributed by atoms with Crippen molar-refractivity contribution < 1.29 is 13.2 Å². The fraction of sp³-hybridized carbons (Fsp3) is 0.500. The summed E-state index contributed by atoms with van der Waals surface area (Å²) in [6.07, 6.45) is 0. The van der Waals surface area contributed by atoms with Gasteiger partial charge in [-0.2, -0.15) is 4.31 Å². The Morgan fingerprint density at radius 1 is 1.11 bits per heavy atom. The van der Waals surface area contributed by atoms with Gasteiger partial charge < -0.3 is 14.6 Å². The third-order valence-corrected chi connectivity index (χ3v) is 8.65. The summed E-state index contributed by atoms with van der Waals surface area (Å²) in [5.74, 6) is 0.534. The maximum Gasteiger partial charge on any atom is 0.331 e. The molecule has 1 N–H and O–H groups in total. The van der Waals surface area contributed by atoms with Crippen molar-refractivity contribution in [2.75, 3.05) is 39.8 Å². The Morgan fingerprint density at radius 2 is 1.78 bits per heavy atom. The number of benzene rings is 1. The fourth-order valence-electron chi connectivity index (χ4n) is 4.45. The quantitative estimate of drug-likeness (QED) is 0.495. The van der Waals surface area contributed by atoms with Gasteiger partial charge in [0.2, 0.25) is 10.0 Å². The first-order valence-electron chi connectivity index (χ1n) is 11.9. The van der Waals surface area contributed by atoms with Crippen molar-refractivity contribution in [3.63, 3.8) is 0 Å². The van der Waals surface area contributed by atoms with Crippen LogP contribution in [0.15, 0.2) is 32.7 Å². The van der Waals surface area contributed by atoms with Crippen LogP contribution in [0.2, 0.25) is 5.02 Å². The molecule has 0 atom stereocenters. The molecule has 4 rings (SSSR count). The SMILES string of the molecule is CCOc1ccc(S(=O)(=O)N2CCN(C)CC2)cc1-c1[nH]c2c(=O)n(C)c(=O)n(CC(C)C)c2c1Cl. The van der Waals surface area contributed by atoms with Gasteiger partial charge in [-0.15, -0.1) is 0 Å². The number of hydrogen-bond donors (Lipinski definition) is 1. The molecule has 0 unspecified atom stereocenters. The highest BCUT2D eigenvalue weighted by Gasteiger charge is 2.29. The zero-order valence-electron chi connectivity index (χ0n) is 21.2. The Balaban J connectivity index is 1.94. The second-order valence-corrected chi connectivity index (χ2v) is 11.8. The van der Waals surface area contributed by atoms with Gasteiger partial charge >= 0.3 is 5.69 Å². The molecule has 1 aliphatic rings. The van der Waals surface area contributed by atoms with Crippen LogP contribution in [0.4, 0.5) is 0 Å². The van der Waals surface area contributed by atoms with Crippen molar-refractivity contribution in [3.8, 4) is 17.0 Å². The van der Waals surface area contributed by atoms with Crippen LogP contribution in [0.5, 0.6) is 5.75 Å². The topological polar surface area (TPSA) is 110 Å². The number of ether oxygens (including phenoxy) is 1. The van der Waals surface area contributed by atoms with Crippen LogP contribution in [0.3, 0.4) is 0 Å². The number of rotatable bonds is 7. The molecule has 0 spiro atoms. The summed E-state index contributed by atoms with van der Waals surface area (Å²) < 4.78 is 36.7. The van der Waals surface area contributed by atoms with Crippen molar-refractivity contribution in [2.24, 2.45) is 13.0 Å². The van der Waals surface area contributed by atoms with Crippen molar-refractivity contribution in [3.05, 3.63) is 44.1 Å². The van der Waals surface area contributed by atoms with Crippen LogP contribution < -0.4 is 16.0 Å². The number of likely N-dealkylation sites (N-methyl/N-ethyl adjacent to an activating group) is 1. The molecule has 0 aliphatic carbocycles. The molecule has 10 nitrogen and oxygen atoms in total. The first-order valence-corrected chi connectivity index (χ1v) is 13.8. The maximum absolute atomic E-state index is 13.4. The third-order valence-electron chi connectivity index (χ3n) is 6.39. The first-order chi connectivity index (χ1) is 17.0. The van der Waals surface area contributed by atoms with Gasteiger partial charge in [-0.3, -0.25) is 13.9 Å². The van der Waals surface area contributed by atoms with Crippen LogP contribution in [0, 0.1) is 5.92 Å². The normalized spacial score (nSPS) is 15.8. The van der Waals surface area contributed by atoms with E-state index in [1.54, 1.807) is 6.07 Å². The lowest BCUT2D eigenvalue weighted by Crippen LogP contribution is -2.47. The maximum atomic E-state index is 13.4. The Hall–Kier alpha value is -2.60. The summed E-state index contributed by atoms with van der Waals surface area (Å²) in [6, 6.07) is 4.64. The molecule has 12 heteroatoms. The standard InChI is InChI=1S/C24H32ClN5O5S/c1-6-35-18-8-7-16(36(33,34)29-11-9-27(4)10-12-29)13-17(18)20-19(25)22-21(26-20)23(31)28(5)24(32)30(22)14-15(2)3/h7-8,13,15,26H,6,9-12,14H2,1-5H3. The van der Waals surface area contributed by atoms with Gasteiger partial charge in [0.1, 0.15) is 11.3 Å². The molecule has 1 aliphatic heterocycles. The highest BCUT2D eigenvalue weighted by molar-refractivity contribution is 7.89. The summed E-state index contributed by atoms with van der Waals surface area (Å²) >= 11 is 6.82. The predicted molar refractivity (Wildman–Crippen MR) is 141 cm³/mol. The van der Waals surface area contributed by atoms with E-state index in [0.29, 0.717) is 61.9 Å². The van der Waals surface area contributed by atoms with E-state index in [-0.39, 0.29) is 21.4 Å². The second-order valence-electron chi connectivity index (χ2n) is 9.49. The predicted octanol–water partition coefficient (Wildman–Crippen LogP) is 2.34. The summed E-state index contributed by atoms with van der Waals surface area (Å²) in [5, 5.41) is 0.163. The molecule has 0 amide bonds. The van der Waals surface area contributed by atoms with Gasteiger partial charge in [-0.05, 0) is 38.1 Å². The van der Waals surface area contributed by atoms with Gasteiger partial charge in [0.15, 0.2) is 0 Å². The van der Waals surface area contributed by atoms with Crippen molar-refractivity contribution in [1.82, 2.24) is 23.3 Å². The fourth-order valence-corrected chi connectivity index (χ4v) is 6.25. The van der Waals surface area contributed by atoms with Gasteiger partial charge in [0.05, 0.1) is 27.7 Å². The molecule has 2 aromatic heterocycles. The van der Waals surface area contributed by atoms with Crippen molar-refractivity contribution >= 4 is 32.7 Å². The Kier molecular flexibility index (Phi) is 7.38. The van der Waals surface area contributed by atoms with E-state index in [1.165, 1.54) is 28.1 Å². The minimum atomic E-state index is -3.76. The minimum Gasteiger partial charge on any atom is -0.493 e. The minimum absolute atomic E-state index is 0.104. The Bertz CT molecular complexity index is 1510. The number of H-pyrrole nitrogens is 1. The third kappa shape index (κ3) is 4.60. The van der Waals surface area contributed by atoms with Gasteiger partial charge in [-0.1, -0.05) is 25.4 Å². The molecule has 196 valence electrons. The van der Waals surface area contributed by atoms with Crippen LogP contribution in [-0.4, -0.2) is 71.6 Å². The molecule has 0 saturated carbocycles. The monoisotopic (exact) mass is 537 g/mol. The van der Waals surface area contributed by atoms with E-state index in [1.807, 2.05) is 27.8 Å². The van der Waals surface area contributed by atoms with Crippen molar-refractivity contribution in [2.45, 2.75) is 32.2 Å². The van der Waals surface area contributed by atoms with E-state index in [4.69, 9.17) is 16.3 Å². The number of sulfonamides is 1. The summed E-state index contributed by atoms with van der Waals surface area (Å²) in [6.45, 7) is 8.53. The summed E-state index contributed by atoms with van der Waals surface area (Å²) in [4.78, 5) is 31.2. The molecule has 1 aromatic carbocycles. The average Bonchev–Trinajstić information content (AvgIpc) is 3.18. The molecule has 1 fully saturated rings. The number of nitrogens with one attached hydrogen (secondary N) is 1. The van der Waals surface area contributed by atoms with E-state index < -0.39 is 21.3 Å². The molecule has 36 heavy (non-hydrogen) atoms. The lowest BCUT2D eigenvalue weighted by Gasteiger charge is -2.31. The van der Waals surface area contributed by atoms with Crippen molar-refractivity contribution in [1.29, 1.82) is 0 Å². The molecule has 3 aromatic rings. The zero-order chi connectivity index (χ0) is 26.4. The molecular formula is C24H32ClN5O5S. The number of fused-ring (bicyclic) bond motifs is 1. The number of aromatic nitrogens is 3. The second kappa shape index (κ2) is 10.0. The molecule has 1 saturated heterocycles. The molecule has 3 heterocycles. The van der Waals surface area contributed by atoms with E-state index in [9.17, 15) is 18.0 Å². The van der Waals surface area contributed by atoms with Crippen LogP contribution in [-0.2, 0) is 23.6 Å². The van der Waals surface area contributed by atoms with Gasteiger partial charge in [0, 0.05) is 45.3 Å². The summed E-state index contributed by atoms with van der Waals surface area (Å²) in [7, 11) is -0.384. The Labute approximate surface area is 215 Å². The smallest absolute Gasteiger partial charge is 0.331 e. The number of piperazine rings is 1. The van der Waals surface area contributed by atoms with E-state index in [0.717, 1.165) is 4.57 Å². The summed E-state index contributed by atoms with van der Waals surface area (Å²) in [5.41, 5.74) is 0.216. The zero-order valence-corrected chi connectivity index (χ0v) is 22.7. The molecular weight excluding hydrogens is 506 g/mol. The highest BCUT2D eigenvalue weighted by Crippen LogP contribution is 2.39. The lowest BCUT2D eigenvalue weighted by atomic mass is 10.1. The van der Waals surface area contributed by atoms with Gasteiger partial charge in [0.25, 0.3) is 5.56 Å². The molecule has 0 radical (unpaired) electrons.